The van der Waals surface area contributed by atoms with E-state index < -0.39 is 0 Å². The second-order valence-corrected chi connectivity index (χ2v) is 13.0. The normalized spacial score (nSPS) is 20.8. The Morgan fingerprint density at radius 3 is 1.78 bits per heavy atom. The fourth-order valence-corrected chi connectivity index (χ4v) is 6.93. The number of para-hydroxylation sites is 3. The van der Waals surface area contributed by atoms with Crippen molar-refractivity contribution in [2.24, 2.45) is 0 Å². The fourth-order valence-electron chi connectivity index (χ4n) is 6.93. The molecule has 3 aliphatic heterocycles. The molecular formula is C39H50O6. The summed E-state index contributed by atoms with van der Waals surface area (Å²) in [5.41, 5.74) is 4.74. The predicted octanol–water partition coefficient (Wildman–Crippen LogP) is 7.97. The van der Waals surface area contributed by atoms with E-state index in [1.165, 1.54) is 22.3 Å². The van der Waals surface area contributed by atoms with Crippen LogP contribution in [-0.4, -0.2) is 51.5 Å². The first-order valence-corrected chi connectivity index (χ1v) is 17.1. The molecule has 3 fully saturated rings. The summed E-state index contributed by atoms with van der Waals surface area (Å²) in [6.45, 7) is 12.7. The van der Waals surface area contributed by atoms with E-state index in [9.17, 15) is 0 Å². The van der Waals surface area contributed by atoms with Gasteiger partial charge >= 0.3 is 0 Å². The highest BCUT2D eigenvalue weighted by atomic mass is 16.7. The second-order valence-electron chi connectivity index (χ2n) is 13.0. The van der Waals surface area contributed by atoms with Crippen LogP contribution in [-0.2, 0) is 37.9 Å². The van der Waals surface area contributed by atoms with Gasteiger partial charge in [0.05, 0.1) is 19.8 Å². The smallest absolute Gasteiger partial charge is 0.202 e. The molecule has 3 heterocycles. The van der Waals surface area contributed by atoms with E-state index in [0.29, 0.717) is 13.2 Å². The van der Waals surface area contributed by atoms with Crippen LogP contribution in [0.25, 0.3) is 0 Å². The number of ether oxygens (including phenoxy) is 6. The topological polar surface area (TPSA) is 62.0 Å². The lowest BCUT2D eigenvalue weighted by Gasteiger charge is -2.38. The molecule has 0 bridgehead atoms. The minimum absolute atomic E-state index is 0.113. The summed E-state index contributed by atoms with van der Waals surface area (Å²) in [5.74, 6) is 2.90. The minimum Gasteiger partial charge on any atom is -0.490 e. The third-order valence-corrected chi connectivity index (χ3v) is 10.4. The molecular weight excluding hydrogens is 564 g/mol. The lowest BCUT2D eigenvalue weighted by molar-refractivity contribution is -0.165. The van der Waals surface area contributed by atoms with Crippen LogP contribution in [0.2, 0.25) is 0 Å². The molecule has 0 radical (unpaired) electrons. The van der Waals surface area contributed by atoms with Crippen LogP contribution in [0, 0.1) is 0 Å². The van der Waals surface area contributed by atoms with Gasteiger partial charge < -0.3 is 28.4 Å². The summed E-state index contributed by atoms with van der Waals surface area (Å²) in [6.07, 6.45) is 6.81. The van der Waals surface area contributed by atoms with Crippen molar-refractivity contribution in [3.8, 4) is 17.2 Å². The molecule has 6 heteroatoms. The third kappa shape index (κ3) is 7.19. The zero-order valence-electron chi connectivity index (χ0n) is 27.5. The van der Waals surface area contributed by atoms with Gasteiger partial charge in [-0.1, -0.05) is 82.3 Å². The zero-order valence-corrected chi connectivity index (χ0v) is 27.5. The molecule has 242 valence electrons. The molecule has 0 aliphatic carbocycles. The summed E-state index contributed by atoms with van der Waals surface area (Å²) >= 11 is 0. The van der Waals surface area contributed by atoms with Crippen molar-refractivity contribution < 1.29 is 28.4 Å². The number of hydrogen-bond donors (Lipinski definition) is 0. The molecule has 3 saturated heterocycles. The van der Waals surface area contributed by atoms with E-state index in [-0.39, 0.29) is 29.3 Å². The lowest BCUT2D eigenvalue weighted by atomic mass is 9.68. The summed E-state index contributed by atoms with van der Waals surface area (Å²) in [5, 5.41) is 0. The highest BCUT2D eigenvalue weighted by Gasteiger charge is 2.38. The third-order valence-electron chi connectivity index (χ3n) is 10.4. The average molecular weight is 615 g/mol. The summed E-state index contributed by atoms with van der Waals surface area (Å²) in [4.78, 5) is 0. The van der Waals surface area contributed by atoms with Crippen LogP contribution in [0.5, 0.6) is 17.2 Å². The molecule has 3 aromatic rings. The molecule has 3 atom stereocenters. The van der Waals surface area contributed by atoms with Crippen molar-refractivity contribution >= 4 is 0 Å². The first kappa shape index (κ1) is 31.9. The molecule has 3 unspecified atom stereocenters. The summed E-state index contributed by atoms with van der Waals surface area (Å²) in [6, 6.07) is 23.8. The molecule has 0 aromatic heterocycles. The van der Waals surface area contributed by atoms with E-state index in [4.69, 9.17) is 28.4 Å². The fraction of sp³-hybridized carbons (Fsp3) is 0.538. The van der Waals surface area contributed by atoms with Crippen molar-refractivity contribution in [1.29, 1.82) is 0 Å². The molecule has 45 heavy (non-hydrogen) atoms. The van der Waals surface area contributed by atoms with Gasteiger partial charge in [-0.25, -0.2) is 0 Å². The van der Waals surface area contributed by atoms with Gasteiger partial charge in [0.15, 0.2) is 0 Å². The largest absolute Gasteiger partial charge is 0.490 e. The molecule has 0 N–H and O–H groups in total. The van der Waals surface area contributed by atoms with Gasteiger partial charge in [-0.2, -0.15) is 0 Å². The predicted molar refractivity (Wildman–Crippen MR) is 177 cm³/mol. The highest BCUT2D eigenvalue weighted by Crippen LogP contribution is 2.47. The molecule has 0 spiro atoms. The van der Waals surface area contributed by atoms with Crippen LogP contribution in [0.3, 0.4) is 0 Å². The molecule has 3 aliphatic rings. The maximum Gasteiger partial charge on any atom is 0.202 e. The Kier molecular flexibility index (Phi) is 10.0. The van der Waals surface area contributed by atoms with Gasteiger partial charge in [0, 0.05) is 28.4 Å². The van der Waals surface area contributed by atoms with E-state index in [1.807, 2.05) is 0 Å². The second kappa shape index (κ2) is 14.1. The molecule has 0 saturated carbocycles. The summed E-state index contributed by atoms with van der Waals surface area (Å²) < 4.78 is 36.2. The van der Waals surface area contributed by atoms with Gasteiger partial charge in [-0.3, -0.25) is 0 Å². The molecule has 6 nitrogen and oxygen atoms in total. The average Bonchev–Trinajstić information content (AvgIpc) is 4.00. The summed E-state index contributed by atoms with van der Waals surface area (Å²) in [7, 11) is 0. The Hall–Kier alpha value is -3.06. The maximum absolute atomic E-state index is 6.83. The zero-order chi connectivity index (χ0) is 31.3. The van der Waals surface area contributed by atoms with Gasteiger partial charge in [0.1, 0.15) is 42.7 Å². The van der Waals surface area contributed by atoms with Crippen molar-refractivity contribution in [3.63, 3.8) is 0 Å². The van der Waals surface area contributed by atoms with Crippen molar-refractivity contribution in [2.45, 2.75) is 102 Å². The number of rotatable bonds is 18. The SMILES string of the molecule is CCC(CC)(Cc1cccc(C(CC)(CC)Cc2ccccc2OC2CCO2)c1OCC1CO1)c1ccccc1OCC1CO1. The van der Waals surface area contributed by atoms with Crippen molar-refractivity contribution in [1.82, 2.24) is 0 Å². The van der Waals surface area contributed by atoms with Crippen LogP contribution in [0.1, 0.15) is 82.1 Å². The number of benzene rings is 3. The Labute approximate surface area is 269 Å². The molecule has 6 rings (SSSR count). The number of epoxide rings is 2. The Bertz CT molecular complexity index is 1400. The van der Waals surface area contributed by atoms with E-state index in [0.717, 1.165) is 82.0 Å². The van der Waals surface area contributed by atoms with Crippen LogP contribution >= 0.6 is 0 Å². The quantitative estimate of drug-likeness (QED) is 0.136. The maximum atomic E-state index is 6.83. The Morgan fingerprint density at radius 1 is 0.622 bits per heavy atom. The first-order valence-electron chi connectivity index (χ1n) is 17.1. The standard InChI is InChI=1S/C39H50O6/c1-5-38(6-2,32-16-10-12-19-35(32)43-26-30-24-41-30)23-29-15-13-17-33(37(29)44-27-31-25-42-31)39(7-3,8-4)22-28-14-9-11-18-34(28)45-36-20-21-40-36/h9-19,30-31,36H,5-8,20-27H2,1-4H3. The van der Waals surface area contributed by atoms with Crippen LogP contribution in [0.15, 0.2) is 66.7 Å². The van der Waals surface area contributed by atoms with Gasteiger partial charge in [-0.05, 0) is 61.8 Å². The van der Waals surface area contributed by atoms with Crippen molar-refractivity contribution in [2.75, 3.05) is 33.0 Å². The van der Waals surface area contributed by atoms with E-state index in [1.54, 1.807) is 0 Å². The van der Waals surface area contributed by atoms with E-state index in [2.05, 4.69) is 94.4 Å². The highest BCUT2D eigenvalue weighted by molar-refractivity contribution is 5.50. The molecule has 0 amide bonds. The monoisotopic (exact) mass is 614 g/mol. The van der Waals surface area contributed by atoms with Gasteiger partial charge in [0.25, 0.3) is 0 Å². The number of hydrogen-bond acceptors (Lipinski definition) is 6. The Balaban J connectivity index is 1.38. The minimum atomic E-state index is -0.149. The van der Waals surface area contributed by atoms with Crippen LogP contribution < -0.4 is 14.2 Å². The van der Waals surface area contributed by atoms with Gasteiger partial charge in [-0.15, -0.1) is 0 Å². The molecule has 3 aromatic carbocycles. The van der Waals surface area contributed by atoms with Crippen molar-refractivity contribution in [3.05, 3.63) is 89.0 Å². The Morgan fingerprint density at radius 2 is 1.16 bits per heavy atom. The lowest BCUT2D eigenvalue weighted by Crippen LogP contribution is -2.33. The van der Waals surface area contributed by atoms with Gasteiger partial charge in [0.2, 0.25) is 6.29 Å². The first-order chi connectivity index (χ1) is 22.0. The van der Waals surface area contributed by atoms with Crippen LogP contribution in [0.4, 0.5) is 0 Å². The van der Waals surface area contributed by atoms with E-state index >= 15 is 0 Å².